The number of hydrogen-bond donors (Lipinski definition) is 0. The minimum atomic E-state index is -2.93. The van der Waals surface area contributed by atoms with Crippen LogP contribution in [-0.2, 0) is 19.4 Å². The standard InChI is InChI=1S/C22H25FN4O4S2/c1-16(28)27(20-5-3-2-4-19(20)23)22-24-17(14-32-22)6-7-21(29)26-11-9-25(10-12-26)18-8-13-33(30,31)15-18/h2-7,14,18H,8-13,15H2,1H3/b7-6+/t18-/m1/s1. The quantitative estimate of drug-likeness (QED) is 0.595. The SMILES string of the molecule is CC(=O)N(c1nc(/C=C/C(=O)N2CCN([C@@H]3CCS(=O)(=O)C3)CC2)cs1)c1ccccc1F. The zero-order chi connectivity index (χ0) is 23.6. The first-order valence-electron chi connectivity index (χ1n) is 10.7. The van der Waals surface area contributed by atoms with E-state index in [0.717, 1.165) is 0 Å². The van der Waals surface area contributed by atoms with Gasteiger partial charge in [0.15, 0.2) is 15.0 Å². The normalized spacial score (nSPS) is 20.9. The zero-order valence-electron chi connectivity index (χ0n) is 18.2. The number of carbonyl (C=O) groups excluding carboxylic acids is 2. The average Bonchev–Trinajstić information content (AvgIpc) is 3.39. The Hall–Kier alpha value is -2.63. The van der Waals surface area contributed by atoms with E-state index >= 15 is 0 Å². The van der Waals surface area contributed by atoms with Crippen LogP contribution in [0.2, 0.25) is 0 Å². The molecule has 4 rings (SSSR count). The van der Waals surface area contributed by atoms with E-state index in [0.29, 0.717) is 43.4 Å². The third kappa shape index (κ3) is 5.48. The van der Waals surface area contributed by atoms with E-state index in [1.165, 1.54) is 41.4 Å². The molecule has 0 saturated carbocycles. The van der Waals surface area contributed by atoms with Crippen molar-refractivity contribution in [2.45, 2.75) is 19.4 Å². The molecule has 2 aromatic rings. The van der Waals surface area contributed by atoms with Crippen molar-refractivity contribution in [1.29, 1.82) is 0 Å². The minimum Gasteiger partial charge on any atom is -0.337 e. The monoisotopic (exact) mass is 492 g/mol. The molecule has 1 aromatic heterocycles. The van der Waals surface area contributed by atoms with Crippen molar-refractivity contribution >= 4 is 49.9 Å². The number of sulfone groups is 1. The van der Waals surface area contributed by atoms with Gasteiger partial charge in [-0.05, 0) is 24.6 Å². The topological polar surface area (TPSA) is 90.9 Å². The van der Waals surface area contributed by atoms with Gasteiger partial charge in [0.25, 0.3) is 0 Å². The Bertz CT molecular complexity index is 1170. The molecule has 2 fully saturated rings. The fourth-order valence-corrected chi connectivity index (χ4v) is 6.74. The van der Waals surface area contributed by atoms with E-state index in [1.807, 2.05) is 0 Å². The zero-order valence-corrected chi connectivity index (χ0v) is 19.8. The number of benzene rings is 1. The summed E-state index contributed by atoms with van der Waals surface area (Å²) in [5.41, 5.74) is 0.625. The van der Waals surface area contributed by atoms with Gasteiger partial charge in [0.05, 0.1) is 22.9 Å². The molecule has 8 nitrogen and oxygen atoms in total. The van der Waals surface area contributed by atoms with E-state index < -0.39 is 15.7 Å². The average molecular weight is 493 g/mol. The number of rotatable bonds is 5. The lowest BCUT2D eigenvalue weighted by molar-refractivity contribution is -0.128. The largest absolute Gasteiger partial charge is 0.337 e. The van der Waals surface area contributed by atoms with Gasteiger partial charge in [-0.1, -0.05) is 12.1 Å². The first-order valence-corrected chi connectivity index (χ1v) is 13.4. The number of para-hydroxylation sites is 1. The summed E-state index contributed by atoms with van der Waals surface area (Å²) < 4.78 is 37.6. The summed E-state index contributed by atoms with van der Waals surface area (Å²) >= 11 is 1.19. The van der Waals surface area contributed by atoms with Gasteiger partial charge in [0, 0.05) is 50.6 Å². The molecule has 2 aliphatic rings. The number of hydrogen-bond acceptors (Lipinski definition) is 7. The van der Waals surface area contributed by atoms with Crippen molar-refractivity contribution in [1.82, 2.24) is 14.8 Å². The molecule has 1 atom stereocenters. The highest BCUT2D eigenvalue weighted by Crippen LogP contribution is 2.31. The molecule has 176 valence electrons. The van der Waals surface area contributed by atoms with Crippen LogP contribution >= 0.6 is 11.3 Å². The Balaban J connectivity index is 1.37. The maximum Gasteiger partial charge on any atom is 0.246 e. The predicted octanol–water partition coefficient (Wildman–Crippen LogP) is 2.31. The molecule has 0 bridgehead atoms. The van der Waals surface area contributed by atoms with E-state index in [9.17, 15) is 22.4 Å². The van der Waals surface area contributed by atoms with Crippen molar-refractivity contribution in [2.75, 3.05) is 42.6 Å². The second kappa shape index (κ2) is 9.70. The number of halogens is 1. The molecule has 11 heteroatoms. The maximum atomic E-state index is 14.2. The van der Waals surface area contributed by atoms with Gasteiger partial charge < -0.3 is 4.90 Å². The Morgan fingerprint density at radius 3 is 2.58 bits per heavy atom. The van der Waals surface area contributed by atoms with E-state index in [4.69, 9.17) is 0 Å². The van der Waals surface area contributed by atoms with E-state index in [-0.39, 0.29) is 35.0 Å². The van der Waals surface area contributed by atoms with Crippen molar-refractivity contribution in [2.24, 2.45) is 0 Å². The maximum absolute atomic E-state index is 14.2. The summed E-state index contributed by atoms with van der Waals surface area (Å²) in [5, 5.41) is 2.02. The minimum absolute atomic E-state index is 0.0508. The second-order valence-corrected chi connectivity index (χ2v) is 11.2. The molecular weight excluding hydrogens is 467 g/mol. The fourth-order valence-electron chi connectivity index (χ4n) is 4.13. The second-order valence-electron chi connectivity index (χ2n) is 8.11. The summed E-state index contributed by atoms with van der Waals surface area (Å²) in [6, 6.07) is 6.04. The third-order valence-electron chi connectivity index (χ3n) is 5.86. The fraction of sp³-hybridized carbons (Fsp3) is 0.409. The van der Waals surface area contributed by atoms with Crippen LogP contribution in [0.1, 0.15) is 19.0 Å². The number of thiazole rings is 1. The lowest BCUT2D eigenvalue weighted by Gasteiger charge is -2.37. The summed E-state index contributed by atoms with van der Waals surface area (Å²) in [4.78, 5) is 34.2. The molecular formula is C22H25FN4O4S2. The lowest BCUT2D eigenvalue weighted by Crippen LogP contribution is -2.52. The van der Waals surface area contributed by atoms with Crippen LogP contribution in [0.5, 0.6) is 0 Å². The van der Waals surface area contributed by atoms with E-state index in [1.54, 1.807) is 28.5 Å². The van der Waals surface area contributed by atoms with Crippen LogP contribution in [0.15, 0.2) is 35.7 Å². The van der Waals surface area contributed by atoms with Gasteiger partial charge in [-0.15, -0.1) is 11.3 Å². The first kappa shape index (κ1) is 23.5. The number of amides is 2. The molecule has 0 unspecified atom stereocenters. The molecule has 0 aliphatic carbocycles. The van der Waals surface area contributed by atoms with Crippen LogP contribution in [0.3, 0.4) is 0 Å². The molecule has 2 saturated heterocycles. The molecule has 0 N–H and O–H groups in total. The van der Waals surface area contributed by atoms with Crippen molar-refractivity contribution in [3.8, 4) is 0 Å². The Morgan fingerprint density at radius 2 is 1.94 bits per heavy atom. The van der Waals surface area contributed by atoms with Gasteiger partial charge >= 0.3 is 0 Å². The molecule has 33 heavy (non-hydrogen) atoms. The molecule has 2 amide bonds. The Morgan fingerprint density at radius 1 is 1.21 bits per heavy atom. The van der Waals surface area contributed by atoms with Crippen LogP contribution in [0.25, 0.3) is 6.08 Å². The van der Waals surface area contributed by atoms with Crippen molar-refractivity contribution in [3.05, 3.63) is 47.2 Å². The van der Waals surface area contributed by atoms with Crippen molar-refractivity contribution in [3.63, 3.8) is 0 Å². The van der Waals surface area contributed by atoms with Gasteiger partial charge in [0.2, 0.25) is 11.8 Å². The van der Waals surface area contributed by atoms with Crippen LogP contribution < -0.4 is 4.90 Å². The smallest absolute Gasteiger partial charge is 0.246 e. The van der Waals surface area contributed by atoms with E-state index in [2.05, 4.69) is 9.88 Å². The molecule has 0 radical (unpaired) electrons. The highest BCUT2D eigenvalue weighted by Gasteiger charge is 2.34. The Labute approximate surface area is 196 Å². The van der Waals surface area contributed by atoms with Gasteiger partial charge in [-0.3, -0.25) is 19.4 Å². The number of piperazine rings is 1. The molecule has 1 aromatic carbocycles. The molecule has 3 heterocycles. The van der Waals surface area contributed by atoms with Gasteiger partial charge in [0.1, 0.15) is 5.82 Å². The van der Waals surface area contributed by atoms with Crippen LogP contribution in [0.4, 0.5) is 15.2 Å². The predicted molar refractivity (Wildman–Crippen MR) is 126 cm³/mol. The molecule has 2 aliphatic heterocycles. The highest BCUT2D eigenvalue weighted by molar-refractivity contribution is 7.91. The first-order chi connectivity index (χ1) is 15.7. The lowest BCUT2D eigenvalue weighted by atomic mass is 10.2. The number of nitrogens with zero attached hydrogens (tertiary/aromatic N) is 4. The summed E-state index contributed by atoms with van der Waals surface area (Å²) in [6.07, 6.45) is 3.68. The van der Waals surface area contributed by atoms with Gasteiger partial charge in [-0.2, -0.15) is 0 Å². The van der Waals surface area contributed by atoms with Crippen LogP contribution in [-0.4, -0.2) is 78.7 Å². The number of anilines is 2. The summed E-state index contributed by atoms with van der Waals surface area (Å²) in [7, 11) is -2.93. The number of aromatic nitrogens is 1. The van der Waals surface area contributed by atoms with Crippen LogP contribution in [0, 0.1) is 5.82 Å². The number of carbonyl (C=O) groups is 2. The third-order valence-corrected chi connectivity index (χ3v) is 8.45. The van der Waals surface area contributed by atoms with Crippen molar-refractivity contribution < 1.29 is 22.4 Å². The van der Waals surface area contributed by atoms with Gasteiger partial charge in [-0.25, -0.2) is 17.8 Å². The Kier molecular flexibility index (Phi) is 6.91. The summed E-state index contributed by atoms with van der Waals surface area (Å²) in [5.74, 6) is -0.594. The summed E-state index contributed by atoms with van der Waals surface area (Å²) in [6.45, 7) is 3.71. The molecule has 0 spiro atoms. The highest BCUT2D eigenvalue weighted by atomic mass is 32.2.